The van der Waals surface area contributed by atoms with Crippen LogP contribution in [0.4, 0.5) is 0 Å². The minimum atomic E-state index is 0.134. The Morgan fingerprint density at radius 3 is 2.88 bits per heavy atom. The van der Waals surface area contributed by atoms with E-state index in [4.69, 9.17) is 9.51 Å². The van der Waals surface area contributed by atoms with Crippen molar-refractivity contribution in [1.29, 1.82) is 0 Å². The lowest BCUT2D eigenvalue weighted by Crippen LogP contribution is -2.31. The first-order valence-corrected chi connectivity index (χ1v) is 8.57. The second-order valence-corrected chi connectivity index (χ2v) is 7.17. The number of imidazole rings is 1. The third kappa shape index (κ3) is 2.71. The zero-order valence-corrected chi connectivity index (χ0v) is 14.4. The highest BCUT2D eigenvalue weighted by atomic mass is 16.5. The Bertz CT molecular complexity index is 863. The maximum absolute atomic E-state index is 5.54. The van der Waals surface area contributed by atoms with Crippen molar-refractivity contribution in [3.05, 3.63) is 41.8 Å². The Kier molecular flexibility index (Phi) is 3.64. The maximum atomic E-state index is 5.54. The Morgan fingerprint density at radius 2 is 2.12 bits per heavy atom. The van der Waals surface area contributed by atoms with Crippen LogP contribution in [-0.4, -0.2) is 31.8 Å². The molecule has 4 rings (SSSR count). The molecule has 24 heavy (non-hydrogen) atoms. The summed E-state index contributed by atoms with van der Waals surface area (Å²) in [6, 6.07) is 8.18. The normalized spacial score (nSPS) is 20.0. The first-order valence-electron chi connectivity index (χ1n) is 8.57. The van der Waals surface area contributed by atoms with Crippen LogP contribution in [0.2, 0.25) is 0 Å². The van der Waals surface area contributed by atoms with Gasteiger partial charge in [-0.2, -0.15) is 4.98 Å². The number of nitrogens with one attached hydrogen (secondary N) is 1. The minimum Gasteiger partial charge on any atom is -0.339 e. The first kappa shape index (κ1) is 15.3. The highest BCUT2D eigenvalue weighted by Gasteiger charge is 2.34. The Balaban J connectivity index is 1.61. The molecule has 1 aliphatic heterocycles. The molecule has 3 heterocycles. The zero-order valence-electron chi connectivity index (χ0n) is 14.4. The molecule has 1 aromatic carbocycles. The van der Waals surface area contributed by atoms with Crippen molar-refractivity contribution >= 4 is 11.0 Å². The fourth-order valence-electron chi connectivity index (χ4n) is 3.55. The van der Waals surface area contributed by atoms with Gasteiger partial charge < -0.3 is 14.4 Å². The van der Waals surface area contributed by atoms with Crippen molar-refractivity contribution < 1.29 is 4.52 Å². The van der Waals surface area contributed by atoms with E-state index in [0.29, 0.717) is 18.3 Å². The molecule has 1 fully saturated rings. The van der Waals surface area contributed by atoms with Gasteiger partial charge in [-0.05, 0) is 32.4 Å². The number of fused-ring (bicyclic) bond motifs is 1. The number of benzene rings is 1. The summed E-state index contributed by atoms with van der Waals surface area (Å²) in [5.41, 5.74) is 2.26. The first-order chi connectivity index (χ1) is 11.6. The lowest BCUT2D eigenvalue weighted by molar-refractivity contribution is 0.348. The monoisotopic (exact) mass is 325 g/mol. The van der Waals surface area contributed by atoms with Crippen molar-refractivity contribution in [2.24, 2.45) is 0 Å². The smallest absolute Gasteiger partial charge is 0.231 e. The summed E-state index contributed by atoms with van der Waals surface area (Å²) < 4.78 is 7.72. The molecule has 1 saturated heterocycles. The van der Waals surface area contributed by atoms with E-state index in [9.17, 15) is 0 Å². The fourth-order valence-corrected chi connectivity index (χ4v) is 3.55. The molecule has 6 nitrogen and oxygen atoms in total. The number of aryl methyl sites for hydroxylation is 1. The van der Waals surface area contributed by atoms with Crippen molar-refractivity contribution in [2.75, 3.05) is 6.54 Å². The lowest BCUT2D eigenvalue weighted by atomic mass is 9.97. The van der Waals surface area contributed by atoms with Crippen molar-refractivity contribution in [1.82, 2.24) is 25.0 Å². The van der Waals surface area contributed by atoms with Gasteiger partial charge in [-0.15, -0.1) is 0 Å². The minimum absolute atomic E-state index is 0.134. The predicted octanol–water partition coefficient (Wildman–Crippen LogP) is 2.89. The van der Waals surface area contributed by atoms with E-state index in [-0.39, 0.29) is 5.54 Å². The van der Waals surface area contributed by atoms with Crippen LogP contribution < -0.4 is 5.32 Å². The average Bonchev–Trinajstić information content (AvgIpc) is 3.25. The van der Waals surface area contributed by atoms with Crippen molar-refractivity contribution in [2.45, 2.75) is 51.6 Å². The molecule has 1 aliphatic rings. The third-order valence-corrected chi connectivity index (χ3v) is 4.77. The molecule has 2 aromatic heterocycles. The molecule has 1 atom stereocenters. The third-order valence-electron chi connectivity index (χ3n) is 4.77. The largest absolute Gasteiger partial charge is 0.339 e. The van der Waals surface area contributed by atoms with Crippen LogP contribution in [0.5, 0.6) is 0 Å². The van der Waals surface area contributed by atoms with Gasteiger partial charge in [-0.1, -0.05) is 24.2 Å². The molecular formula is C18H23N5O. The van der Waals surface area contributed by atoms with Crippen LogP contribution in [0, 0.1) is 0 Å². The van der Waals surface area contributed by atoms with Gasteiger partial charge >= 0.3 is 0 Å². The van der Waals surface area contributed by atoms with Gasteiger partial charge in [0, 0.05) is 18.5 Å². The quantitative estimate of drug-likeness (QED) is 0.799. The number of aromatic nitrogens is 4. The van der Waals surface area contributed by atoms with Crippen LogP contribution >= 0.6 is 0 Å². The van der Waals surface area contributed by atoms with Crippen LogP contribution in [0.3, 0.4) is 0 Å². The van der Waals surface area contributed by atoms with Crippen LogP contribution in [0.15, 0.2) is 28.8 Å². The molecule has 126 valence electrons. The topological polar surface area (TPSA) is 68.8 Å². The SMILES string of the molecule is CCc1nc2ccccc2n1Cc1noc(C2CNC(C)(C)C2)n1. The van der Waals surface area contributed by atoms with Gasteiger partial charge in [0.05, 0.1) is 23.5 Å². The highest BCUT2D eigenvalue weighted by molar-refractivity contribution is 5.75. The van der Waals surface area contributed by atoms with Gasteiger partial charge in [0.1, 0.15) is 5.82 Å². The average molecular weight is 325 g/mol. The molecule has 3 aromatic rings. The maximum Gasteiger partial charge on any atom is 0.231 e. The summed E-state index contributed by atoms with van der Waals surface area (Å²) in [6.45, 7) is 8.01. The lowest BCUT2D eigenvalue weighted by Gasteiger charge is -2.16. The van der Waals surface area contributed by atoms with Gasteiger partial charge in [-0.25, -0.2) is 4.98 Å². The summed E-state index contributed by atoms with van der Waals surface area (Å²) in [6.07, 6.45) is 1.89. The van der Waals surface area contributed by atoms with Crippen molar-refractivity contribution in [3.63, 3.8) is 0 Å². The van der Waals surface area contributed by atoms with Gasteiger partial charge in [0.25, 0.3) is 0 Å². The Hall–Kier alpha value is -2.21. The van der Waals surface area contributed by atoms with E-state index >= 15 is 0 Å². The van der Waals surface area contributed by atoms with Crippen molar-refractivity contribution in [3.8, 4) is 0 Å². The fraction of sp³-hybridized carbons (Fsp3) is 0.500. The van der Waals surface area contributed by atoms with E-state index in [1.54, 1.807) is 0 Å². The molecule has 0 aliphatic carbocycles. The van der Waals surface area contributed by atoms with E-state index in [2.05, 4.69) is 46.9 Å². The molecule has 0 amide bonds. The molecular weight excluding hydrogens is 302 g/mol. The van der Waals surface area contributed by atoms with Crippen LogP contribution in [0.25, 0.3) is 11.0 Å². The Morgan fingerprint density at radius 1 is 1.29 bits per heavy atom. The molecule has 0 spiro atoms. The van der Waals surface area contributed by atoms with Gasteiger partial charge in [0.15, 0.2) is 5.82 Å². The number of para-hydroxylation sites is 2. The van der Waals surface area contributed by atoms with E-state index in [0.717, 1.165) is 42.1 Å². The van der Waals surface area contributed by atoms with Crippen LogP contribution in [-0.2, 0) is 13.0 Å². The zero-order chi connectivity index (χ0) is 16.7. The molecule has 0 bridgehead atoms. The Labute approximate surface area is 141 Å². The second kappa shape index (κ2) is 5.70. The summed E-state index contributed by atoms with van der Waals surface area (Å²) in [4.78, 5) is 9.35. The highest BCUT2D eigenvalue weighted by Crippen LogP contribution is 2.30. The van der Waals surface area contributed by atoms with E-state index in [1.807, 2.05) is 18.2 Å². The number of hydrogen-bond donors (Lipinski definition) is 1. The summed E-state index contributed by atoms with van der Waals surface area (Å²) in [5, 5.41) is 7.70. The molecule has 0 radical (unpaired) electrons. The van der Waals surface area contributed by atoms with E-state index in [1.165, 1.54) is 0 Å². The second-order valence-electron chi connectivity index (χ2n) is 7.17. The van der Waals surface area contributed by atoms with Gasteiger partial charge in [0.2, 0.25) is 5.89 Å². The number of hydrogen-bond acceptors (Lipinski definition) is 5. The number of rotatable bonds is 4. The number of nitrogens with zero attached hydrogens (tertiary/aromatic N) is 4. The standard InChI is InChI=1S/C18H23N5O/c1-4-16-20-13-7-5-6-8-14(13)23(16)11-15-21-17(24-22-15)12-9-18(2,3)19-10-12/h5-8,12,19H,4,9-11H2,1-3H3. The molecule has 0 saturated carbocycles. The molecule has 1 unspecified atom stereocenters. The summed E-state index contributed by atoms with van der Waals surface area (Å²) in [7, 11) is 0. The molecule has 1 N–H and O–H groups in total. The van der Waals surface area contributed by atoms with E-state index < -0.39 is 0 Å². The summed E-state index contributed by atoms with van der Waals surface area (Å²) in [5.74, 6) is 2.80. The summed E-state index contributed by atoms with van der Waals surface area (Å²) >= 11 is 0. The molecule has 6 heteroatoms. The van der Waals surface area contributed by atoms with Crippen LogP contribution in [0.1, 0.15) is 50.6 Å². The van der Waals surface area contributed by atoms with Gasteiger partial charge in [-0.3, -0.25) is 0 Å². The predicted molar refractivity (Wildman–Crippen MR) is 92.0 cm³/mol.